The Morgan fingerprint density at radius 3 is 2.47 bits per heavy atom. The molecule has 0 aliphatic heterocycles. The van der Waals surface area contributed by atoms with E-state index in [-0.39, 0.29) is 6.07 Å². The van der Waals surface area contributed by atoms with Gasteiger partial charge in [-0.3, -0.25) is 4.79 Å². The first kappa shape index (κ1) is 11.4. The van der Waals surface area contributed by atoms with Crippen molar-refractivity contribution in [2.24, 2.45) is 0 Å². The highest BCUT2D eigenvalue weighted by molar-refractivity contribution is 5.69. The van der Waals surface area contributed by atoms with E-state index in [0.29, 0.717) is 6.07 Å². The number of hydrogen-bond donors (Lipinski definition) is 1. The second-order valence-corrected chi connectivity index (χ2v) is 2.73. The van der Waals surface area contributed by atoms with E-state index in [4.69, 9.17) is 5.11 Å². The Morgan fingerprint density at radius 1 is 1.40 bits per heavy atom. The molecule has 0 saturated carbocycles. The van der Waals surface area contributed by atoms with E-state index in [2.05, 4.69) is 4.98 Å². The van der Waals surface area contributed by atoms with Crippen molar-refractivity contribution in [2.45, 2.75) is 12.6 Å². The highest BCUT2D eigenvalue weighted by Crippen LogP contribution is 2.28. The number of aromatic nitrogens is 1. The number of alkyl halides is 3. The second kappa shape index (κ2) is 3.84. The molecular weight excluding hydrogens is 218 g/mol. The molecule has 0 aromatic carbocycles. The van der Waals surface area contributed by atoms with Gasteiger partial charge in [-0.05, 0) is 6.07 Å². The van der Waals surface area contributed by atoms with Crippen molar-refractivity contribution in [3.8, 4) is 0 Å². The third kappa shape index (κ3) is 3.19. The summed E-state index contributed by atoms with van der Waals surface area (Å²) in [5.41, 5.74) is -1.89. The highest BCUT2D eigenvalue weighted by Gasteiger charge is 2.33. The summed E-state index contributed by atoms with van der Waals surface area (Å²) in [6.45, 7) is 0. The lowest BCUT2D eigenvalue weighted by molar-refractivity contribution is -0.142. The first-order chi connectivity index (χ1) is 6.79. The predicted octanol–water partition coefficient (Wildman–Crippen LogP) is 1.87. The summed E-state index contributed by atoms with van der Waals surface area (Å²) in [6, 6.07) is 0.870. The molecule has 0 atom stereocenters. The van der Waals surface area contributed by atoms with E-state index < -0.39 is 35.8 Å². The normalized spacial score (nSPS) is 11.5. The lowest BCUT2D eigenvalue weighted by atomic mass is 10.2. The molecule has 0 fully saturated rings. The summed E-state index contributed by atoms with van der Waals surface area (Å²) in [5.74, 6) is -2.53. The van der Waals surface area contributed by atoms with Crippen LogP contribution in [0.1, 0.15) is 11.4 Å². The van der Waals surface area contributed by atoms with E-state index in [0.717, 1.165) is 0 Å². The summed E-state index contributed by atoms with van der Waals surface area (Å²) in [4.78, 5) is 13.2. The molecule has 0 amide bonds. The zero-order valence-corrected chi connectivity index (χ0v) is 7.18. The number of pyridine rings is 1. The molecule has 1 N–H and O–H groups in total. The van der Waals surface area contributed by atoms with Gasteiger partial charge in [-0.25, -0.2) is 9.37 Å². The van der Waals surface area contributed by atoms with Crippen molar-refractivity contribution < 1.29 is 27.5 Å². The number of hydrogen-bond acceptors (Lipinski definition) is 2. The molecule has 0 bridgehead atoms. The van der Waals surface area contributed by atoms with Gasteiger partial charge in [-0.15, -0.1) is 0 Å². The molecule has 0 spiro atoms. The molecule has 0 radical (unpaired) electrons. The Bertz CT molecular complexity index is 389. The monoisotopic (exact) mass is 223 g/mol. The van der Waals surface area contributed by atoms with Gasteiger partial charge in [0.25, 0.3) is 0 Å². The molecule has 0 saturated heterocycles. The number of nitrogens with zero attached hydrogens (tertiary/aromatic N) is 1. The average molecular weight is 223 g/mol. The van der Waals surface area contributed by atoms with Crippen LogP contribution in [0.5, 0.6) is 0 Å². The number of aliphatic carboxylic acids is 1. The standard InChI is InChI=1S/C8H5F4NO2/c9-4-1-5(3-7(14)15)13-6(2-4)8(10,11)12/h1-2H,3H2,(H,14,15). The van der Waals surface area contributed by atoms with Crippen molar-refractivity contribution in [1.82, 2.24) is 4.98 Å². The molecule has 3 nitrogen and oxygen atoms in total. The minimum Gasteiger partial charge on any atom is -0.481 e. The van der Waals surface area contributed by atoms with Crippen LogP contribution in [0.3, 0.4) is 0 Å². The largest absolute Gasteiger partial charge is 0.481 e. The van der Waals surface area contributed by atoms with E-state index in [9.17, 15) is 22.4 Å². The van der Waals surface area contributed by atoms with Crippen molar-refractivity contribution in [3.63, 3.8) is 0 Å². The quantitative estimate of drug-likeness (QED) is 0.778. The van der Waals surface area contributed by atoms with E-state index >= 15 is 0 Å². The fourth-order valence-corrected chi connectivity index (χ4v) is 0.941. The second-order valence-electron chi connectivity index (χ2n) is 2.73. The number of carboxylic acid groups (broad SMARTS) is 1. The number of carboxylic acids is 1. The molecule has 1 aromatic rings. The first-order valence-corrected chi connectivity index (χ1v) is 3.74. The van der Waals surface area contributed by atoms with Crippen molar-refractivity contribution >= 4 is 5.97 Å². The molecule has 1 heterocycles. The van der Waals surface area contributed by atoms with Crippen LogP contribution in [0.25, 0.3) is 0 Å². The maximum Gasteiger partial charge on any atom is 0.433 e. The van der Waals surface area contributed by atoms with E-state index in [1.807, 2.05) is 0 Å². The Kier molecular flexibility index (Phi) is 2.92. The molecule has 15 heavy (non-hydrogen) atoms. The smallest absolute Gasteiger partial charge is 0.433 e. The predicted molar refractivity (Wildman–Crippen MR) is 40.5 cm³/mol. The third-order valence-corrected chi connectivity index (χ3v) is 1.47. The maximum atomic E-state index is 12.7. The van der Waals surface area contributed by atoms with Crippen molar-refractivity contribution in [1.29, 1.82) is 0 Å². The van der Waals surface area contributed by atoms with Gasteiger partial charge < -0.3 is 5.11 Å². The summed E-state index contributed by atoms with van der Waals surface area (Å²) < 4.78 is 49.0. The maximum absolute atomic E-state index is 12.7. The summed E-state index contributed by atoms with van der Waals surface area (Å²) in [5, 5.41) is 8.31. The molecule has 0 aliphatic carbocycles. The fourth-order valence-electron chi connectivity index (χ4n) is 0.941. The molecule has 82 valence electrons. The van der Waals surface area contributed by atoms with Crippen LogP contribution in [-0.2, 0) is 17.4 Å². The molecule has 0 aliphatic rings. The lowest BCUT2D eigenvalue weighted by Gasteiger charge is -2.07. The number of halogens is 4. The van der Waals surface area contributed by atoms with Gasteiger partial charge >= 0.3 is 12.1 Å². The van der Waals surface area contributed by atoms with E-state index in [1.165, 1.54) is 0 Å². The third-order valence-electron chi connectivity index (χ3n) is 1.47. The van der Waals surface area contributed by atoms with Gasteiger partial charge in [0.05, 0.1) is 12.1 Å². The highest BCUT2D eigenvalue weighted by atomic mass is 19.4. The van der Waals surface area contributed by atoms with Crippen molar-refractivity contribution in [3.05, 3.63) is 29.3 Å². The Hall–Kier alpha value is -1.66. The van der Waals surface area contributed by atoms with Gasteiger partial charge in [-0.2, -0.15) is 13.2 Å². The van der Waals surface area contributed by atoms with Crippen LogP contribution in [0.15, 0.2) is 12.1 Å². The van der Waals surface area contributed by atoms with Crippen LogP contribution >= 0.6 is 0 Å². The minimum atomic E-state index is -4.78. The van der Waals surface area contributed by atoms with Gasteiger partial charge in [0.1, 0.15) is 11.5 Å². The molecular formula is C8H5F4NO2. The number of carbonyl (C=O) groups is 1. The average Bonchev–Trinajstić information content (AvgIpc) is 1.99. The fraction of sp³-hybridized carbons (Fsp3) is 0.250. The van der Waals surface area contributed by atoms with Gasteiger partial charge in [0.2, 0.25) is 0 Å². The Labute approximate surface area is 81.4 Å². The topological polar surface area (TPSA) is 50.2 Å². The van der Waals surface area contributed by atoms with Gasteiger partial charge in [-0.1, -0.05) is 0 Å². The molecule has 1 rings (SSSR count). The van der Waals surface area contributed by atoms with Crippen LogP contribution in [0, 0.1) is 5.82 Å². The summed E-state index contributed by atoms with van der Waals surface area (Å²) in [7, 11) is 0. The zero-order valence-electron chi connectivity index (χ0n) is 7.18. The van der Waals surface area contributed by atoms with E-state index in [1.54, 1.807) is 0 Å². The summed E-state index contributed by atoms with van der Waals surface area (Å²) in [6.07, 6.45) is -5.53. The molecule has 0 unspecified atom stereocenters. The Morgan fingerprint density at radius 2 is 2.00 bits per heavy atom. The molecule has 7 heteroatoms. The van der Waals surface area contributed by atoms with Gasteiger partial charge in [0, 0.05) is 6.07 Å². The van der Waals surface area contributed by atoms with Crippen LogP contribution < -0.4 is 0 Å². The summed E-state index contributed by atoms with van der Waals surface area (Å²) >= 11 is 0. The van der Waals surface area contributed by atoms with Crippen LogP contribution in [-0.4, -0.2) is 16.1 Å². The lowest BCUT2D eigenvalue weighted by Crippen LogP contribution is -2.12. The zero-order chi connectivity index (χ0) is 11.6. The number of rotatable bonds is 2. The van der Waals surface area contributed by atoms with Crippen LogP contribution in [0.4, 0.5) is 17.6 Å². The van der Waals surface area contributed by atoms with Crippen LogP contribution in [0.2, 0.25) is 0 Å². The SMILES string of the molecule is O=C(O)Cc1cc(F)cc(C(F)(F)F)n1. The molecule has 1 aromatic heterocycles. The van der Waals surface area contributed by atoms with Gasteiger partial charge in [0.15, 0.2) is 0 Å². The minimum absolute atomic E-state index is 0.214. The first-order valence-electron chi connectivity index (χ1n) is 3.74. The van der Waals surface area contributed by atoms with Crippen molar-refractivity contribution in [2.75, 3.05) is 0 Å². The Balaban J connectivity index is 3.11.